The number of fused-ring (bicyclic) bond motifs is 1. The molecule has 0 saturated carbocycles. The van der Waals surface area contributed by atoms with Crippen LogP contribution in [0.4, 0.5) is 5.69 Å². The van der Waals surface area contributed by atoms with Gasteiger partial charge in [0.25, 0.3) is 5.91 Å². The molecule has 1 atom stereocenters. The van der Waals surface area contributed by atoms with Gasteiger partial charge in [-0.3, -0.25) is 19.5 Å². The predicted octanol–water partition coefficient (Wildman–Crippen LogP) is 5.23. The molecule has 32 heavy (non-hydrogen) atoms. The molecule has 5 rings (SSSR count). The van der Waals surface area contributed by atoms with Gasteiger partial charge in [0, 0.05) is 23.5 Å². The Hall–Kier alpha value is -4.19. The fraction of sp³-hybridized carbons (Fsp3) is 0.115. The smallest absolute Gasteiger partial charge is 0.294 e. The largest absolute Gasteiger partial charge is 0.503 e. The van der Waals surface area contributed by atoms with E-state index in [2.05, 4.69) is 4.98 Å². The number of furan rings is 1. The highest BCUT2D eigenvalue weighted by Gasteiger charge is 2.45. The Morgan fingerprint density at radius 2 is 1.88 bits per heavy atom. The van der Waals surface area contributed by atoms with Gasteiger partial charge in [0.05, 0.1) is 11.6 Å². The van der Waals surface area contributed by atoms with Crippen LogP contribution in [0.2, 0.25) is 0 Å². The van der Waals surface area contributed by atoms with Crippen LogP contribution in [0.1, 0.15) is 33.3 Å². The number of ketones is 1. The van der Waals surface area contributed by atoms with Gasteiger partial charge in [-0.25, -0.2) is 0 Å². The van der Waals surface area contributed by atoms with Crippen molar-refractivity contribution in [1.29, 1.82) is 0 Å². The fourth-order valence-electron chi connectivity index (χ4n) is 4.24. The number of carbonyl (C=O) groups excluding carboxylic acids is 2. The van der Waals surface area contributed by atoms with Crippen molar-refractivity contribution in [3.05, 3.63) is 107 Å². The van der Waals surface area contributed by atoms with E-state index >= 15 is 0 Å². The number of Topliss-reactive ketones (excluding diaryl/α,β-unsaturated/α-hetero) is 1. The zero-order valence-corrected chi connectivity index (χ0v) is 17.6. The van der Waals surface area contributed by atoms with E-state index in [4.69, 9.17) is 4.42 Å². The normalized spacial score (nSPS) is 16.2. The number of anilines is 1. The summed E-state index contributed by atoms with van der Waals surface area (Å²) in [6, 6.07) is 17.3. The zero-order chi connectivity index (χ0) is 22.4. The quantitative estimate of drug-likeness (QED) is 0.454. The van der Waals surface area contributed by atoms with E-state index in [-0.39, 0.29) is 11.3 Å². The van der Waals surface area contributed by atoms with E-state index in [1.165, 1.54) is 4.90 Å². The lowest BCUT2D eigenvalue weighted by Gasteiger charge is -2.28. The van der Waals surface area contributed by atoms with Crippen LogP contribution in [0.15, 0.2) is 88.8 Å². The van der Waals surface area contributed by atoms with Gasteiger partial charge in [0.15, 0.2) is 11.5 Å². The first-order valence-corrected chi connectivity index (χ1v) is 10.2. The molecule has 1 unspecified atom stereocenters. The van der Waals surface area contributed by atoms with Gasteiger partial charge in [0.1, 0.15) is 5.58 Å². The molecule has 1 amide bonds. The average molecular weight is 424 g/mol. The Morgan fingerprint density at radius 3 is 2.59 bits per heavy atom. The van der Waals surface area contributed by atoms with Crippen LogP contribution in [0.25, 0.3) is 11.0 Å². The number of hydrogen-bond donors (Lipinski definition) is 1. The van der Waals surface area contributed by atoms with Crippen molar-refractivity contribution < 1.29 is 19.1 Å². The van der Waals surface area contributed by atoms with Crippen molar-refractivity contribution in [2.45, 2.75) is 19.9 Å². The first-order valence-electron chi connectivity index (χ1n) is 10.2. The number of aryl methyl sites for hydroxylation is 2. The summed E-state index contributed by atoms with van der Waals surface area (Å²) in [7, 11) is 0. The van der Waals surface area contributed by atoms with Gasteiger partial charge in [-0.15, -0.1) is 0 Å². The summed E-state index contributed by atoms with van der Waals surface area (Å²) in [6.07, 6.45) is 3.21. The maximum atomic E-state index is 13.6. The van der Waals surface area contributed by atoms with Crippen molar-refractivity contribution in [3.8, 4) is 0 Å². The van der Waals surface area contributed by atoms with Gasteiger partial charge >= 0.3 is 0 Å². The van der Waals surface area contributed by atoms with Crippen LogP contribution in [-0.4, -0.2) is 21.8 Å². The Labute approximate surface area is 184 Å². The van der Waals surface area contributed by atoms with Crippen molar-refractivity contribution >= 4 is 28.3 Å². The first-order chi connectivity index (χ1) is 15.5. The van der Waals surface area contributed by atoms with Crippen LogP contribution in [-0.2, 0) is 4.79 Å². The average Bonchev–Trinajstić information content (AvgIpc) is 3.34. The molecule has 0 bridgehead atoms. The van der Waals surface area contributed by atoms with Gasteiger partial charge in [-0.2, -0.15) is 0 Å². The molecule has 0 saturated heterocycles. The molecular weight excluding hydrogens is 404 g/mol. The minimum Gasteiger partial charge on any atom is -0.503 e. The Morgan fingerprint density at radius 1 is 1.06 bits per heavy atom. The Balaban J connectivity index is 1.67. The third-order valence-corrected chi connectivity index (χ3v) is 5.71. The lowest BCUT2D eigenvalue weighted by Crippen LogP contribution is -2.31. The van der Waals surface area contributed by atoms with Crippen LogP contribution in [0.3, 0.4) is 0 Å². The molecule has 2 aromatic heterocycles. The van der Waals surface area contributed by atoms with Crippen molar-refractivity contribution in [3.63, 3.8) is 0 Å². The summed E-state index contributed by atoms with van der Waals surface area (Å²) in [5.74, 6) is -1.68. The molecule has 1 aliphatic rings. The molecule has 158 valence electrons. The van der Waals surface area contributed by atoms with E-state index in [0.717, 1.165) is 16.5 Å². The van der Waals surface area contributed by atoms with E-state index < -0.39 is 23.5 Å². The van der Waals surface area contributed by atoms with Crippen LogP contribution < -0.4 is 4.90 Å². The molecule has 6 heteroatoms. The second kappa shape index (κ2) is 7.50. The molecular formula is C26H20N2O4. The molecule has 0 fully saturated rings. The Bertz CT molecular complexity index is 1370. The van der Waals surface area contributed by atoms with Gasteiger partial charge in [-0.1, -0.05) is 42.0 Å². The standard InChI is InChI=1S/C26H20N2O4/c1-15-9-10-19(16(2)12-15)28-23(18-7-5-11-27-14-18)22(25(30)26(28)31)24(29)21-13-17-6-3-4-8-20(17)32-21/h3-14,23,30H,1-2H3. The molecule has 1 aliphatic heterocycles. The summed E-state index contributed by atoms with van der Waals surface area (Å²) < 4.78 is 5.75. The highest BCUT2D eigenvalue weighted by atomic mass is 16.3. The van der Waals surface area contributed by atoms with Crippen molar-refractivity contribution in [2.75, 3.05) is 4.90 Å². The maximum Gasteiger partial charge on any atom is 0.294 e. The van der Waals surface area contributed by atoms with Gasteiger partial charge in [-0.05, 0) is 49.2 Å². The lowest BCUT2D eigenvalue weighted by molar-refractivity contribution is -0.117. The summed E-state index contributed by atoms with van der Waals surface area (Å²) in [6.45, 7) is 3.86. The molecule has 6 nitrogen and oxygen atoms in total. The monoisotopic (exact) mass is 424 g/mol. The van der Waals surface area contributed by atoms with Crippen LogP contribution >= 0.6 is 0 Å². The number of aliphatic hydroxyl groups is 1. The molecule has 4 aromatic rings. The number of pyridine rings is 1. The number of aromatic nitrogens is 1. The molecule has 1 N–H and O–H groups in total. The number of nitrogens with zero attached hydrogens (tertiary/aromatic N) is 2. The minimum absolute atomic E-state index is 0.0259. The summed E-state index contributed by atoms with van der Waals surface area (Å²) in [5.41, 5.74) is 3.67. The third-order valence-electron chi connectivity index (χ3n) is 5.71. The number of aliphatic hydroxyl groups excluding tert-OH is 1. The van der Waals surface area contributed by atoms with Gasteiger partial charge in [0.2, 0.25) is 5.78 Å². The van der Waals surface area contributed by atoms with E-state index in [0.29, 0.717) is 16.8 Å². The minimum atomic E-state index is -0.835. The third kappa shape index (κ3) is 3.08. The summed E-state index contributed by atoms with van der Waals surface area (Å²) in [5, 5.41) is 11.6. The van der Waals surface area contributed by atoms with E-state index in [1.54, 1.807) is 36.7 Å². The molecule has 2 aromatic carbocycles. The van der Waals surface area contributed by atoms with E-state index in [9.17, 15) is 14.7 Å². The highest BCUT2D eigenvalue weighted by molar-refractivity contribution is 6.20. The van der Waals surface area contributed by atoms with Crippen molar-refractivity contribution in [2.24, 2.45) is 0 Å². The van der Waals surface area contributed by atoms with Crippen molar-refractivity contribution in [1.82, 2.24) is 4.98 Å². The molecule has 3 heterocycles. The fourth-order valence-corrected chi connectivity index (χ4v) is 4.24. The lowest BCUT2D eigenvalue weighted by atomic mass is 9.95. The topological polar surface area (TPSA) is 83.6 Å². The highest BCUT2D eigenvalue weighted by Crippen LogP contribution is 2.43. The number of rotatable bonds is 4. The van der Waals surface area contributed by atoms with Crippen LogP contribution in [0, 0.1) is 13.8 Å². The zero-order valence-electron chi connectivity index (χ0n) is 17.6. The number of para-hydroxylation sites is 1. The Kier molecular flexibility index (Phi) is 4.63. The van der Waals surface area contributed by atoms with Crippen LogP contribution in [0.5, 0.6) is 0 Å². The number of amides is 1. The van der Waals surface area contributed by atoms with E-state index in [1.807, 2.05) is 50.2 Å². The maximum absolute atomic E-state index is 13.6. The molecule has 0 spiro atoms. The predicted molar refractivity (Wildman–Crippen MR) is 121 cm³/mol. The molecule has 0 radical (unpaired) electrons. The summed E-state index contributed by atoms with van der Waals surface area (Å²) >= 11 is 0. The first kappa shape index (κ1) is 19.8. The number of benzene rings is 2. The van der Waals surface area contributed by atoms with Gasteiger partial charge < -0.3 is 9.52 Å². The molecule has 0 aliphatic carbocycles. The second-order valence-electron chi connectivity index (χ2n) is 7.89. The SMILES string of the molecule is Cc1ccc(N2C(=O)C(O)=C(C(=O)c3cc4ccccc4o3)C2c2cccnc2)c(C)c1. The second-order valence-corrected chi connectivity index (χ2v) is 7.89. The summed E-state index contributed by atoms with van der Waals surface area (Å²) in [4.78, 5) is 32.4. The number of carbonyl (C=O) groups is 2. The number of hydrogen-bond acceptors (Lipinski definition) is 5.